The number of fused-ring (bicyclic) bond motifs is 1. The lowest BCUT2D eigenvalue weighted by Gasteiger charge is -2.28. The zero-order chi connectivity index (χ0) is 18.1. The molecule has 0 saturated heterocycles. The maximum atomic E-state index is 14.1. The summed E-state index contributed by atoms with van der Waals surface area (Å²) in [5.41, 5.74) is 3.24. The fourth-order valence-corrected chi connectivity index (χ4v) is 3.24. The second kappa shape index (κ2) is 6.89. The minimum atomic E-state index is -0.277. The molecule has 1 N–H and O–H groups in total. The molecule has 0 aromatic heterocycles. The molecule has 3 aromatic rings. The predicted octanol–water partition coefficient (Wildman–Crippen LogP) is 5.70. The Bertz CT molecular complexity index is 943. The summed E-state index contributed by atoms with van der Waals surface area (Å²) in [4.78, 5) is 0. The lowest BCUT2D eigenvalue weighted by Crippen LogP contribution is -2.23. The van der Waals surface area contributed by atoms with Gasteiger partial charge in [0, 0.05) is 10.6 Å². The Labute approximate surface area is 156 Å². The molecule has 0 radical (unpaired) electrons. The van der Waals surface area contributed by atoms with Gasteiger partial charge in [0.2, 0.25) is 0 Å². The van der Waals surface area contributed by atoms with Crippen molar-refractivity contribution in [3.8, 4) is 22.6 Å². The number of halogens is 2. The molecular weight excluding hydrogens is 353 g/mol. The molecule has 1 aliphatic heterocycles. The van der Waals surface area contributed by atoms with Crippen LogP contribution in [0.3, 0.4) is 0 Å². The molecule has 3 aromatic carbocycles. The molecule has 4 rings (SSSR count). The molecule has 0 amide bonds. The van der Waals surface area contributed by atoms with Crippen LogP contribution in [0.1, 0.15) is 11.6 Å². The number of methoxy groups -OCH3 is 1. The standard InChI is InChI=1S/C21H17ClFNO2/c1-25-16-7-8-18(23)17(11-16)13-2-4-14(5-3-13)20-12-26-21-9-6-15(22)10-19(21)24-20/h2-11,20,24H,12H2,1H3. The molecule has 26 heavy (non-hydrogen) atoms. The molecule has 1 unspecified atom stereocenters. The summed E-state index contributed by atoms with van der Waals surface area (Å²) in [6, 6.07) is 18.0. The van der Waals surface area contributed by atoms with Crippen LogP contribution in [0.2, 0.25) is 5.02 Å². The second-order valence-corrected chi connectivity index (χ2v) is 6.55. The van der Waals surface area contributed by atoms with Crippen LogP contribution < -0.4 is 14.8 Å². The Morgan fingerprint density at radius 3 is 2.65 bits per heavy atom. The van der Waals surface area contributed by atoms with Crippen molar-refractivity contribution in [2.45, 2.75) is 6.04 Å². The number of anilines is 1. The van der Waals surface area contributed by atoms with E-state index < -0.39 is 0 Å². The highest BCUT2D eigenvalue weighted by Gasteiger charge is 2.20. The van der Waals surface area contributed by atoms with Crippen LogP contribution in [-0.4, -0.2) is 13.7 Å². The molecule has 132 valence electrons. The quantitative estimate of drug-likeness (QED) is 0.642. The van der Waals surface area contributed by atoms with E-state index in [1.54, 1.807) is 25.3 Å². The summed E-state index contributed by atoms with van der Waals surface area (Å²) in [5, 5.41) is 4.10. The van der Waals surface area contributed by atoms with Crippen LogP contribution in [0.4, 0.5) is 10.1 Å². The smallest absolute Gasteiger partial charge is 0.142 e. The fraction of sp³-hybridized carbons (Fsp3) is 0.143. The minimum Gasteiger partial charge on any atom is -0.497 e. The van der Waals surface area contributed by atoms with Crippen molar-refractivity contribution in [1.29, 1.82) is 0 Å². The van der Waals surface area contributed by atoms with Crippen LogP contribution in [0.5, 0.6) is 11.5 Å². The molecule has 5 heteroatoms. The Morgan fingerprint density at radius 2 is 1.88 bits per heavy atom. The Balaban J connectivity index is 1.59. The van der Waals surface area contributed by atoms with Gasteiger partial charge in [-0.25, -0.2) is 4.39 Å². The molecule has 0 fully saturated rings. The first-order valence-corrected chi connectivity index (χ1v) is 8.64. The first-order valence-electron chi connectivity index (χ1n) is 8.27. The number of rotatable bonds is 3. The molecule has 1 atom stereocenters. The molecule has 3 nitrogen and oxygen atoms in total. The van der Waals surface area contributed by atoms with Crippen molar-refractivity contribution in [2.75, 3.05) is 19.0 Å². The van der Waals surface area contributed by atoms with E-state index >= 15 is 0 Å². The lowest BCUT2D eigenvalue weighted by atomic mass is 9.99. The van der Waals surface area contributed by atoms with E-state index in [4.69, 9.17) is 21.1 Å². The fourth-order valence-electron chi connectivity index (χ4n) is 3.07. The van der Waals surface area contributed by atoms with Gasteiger partial charge in [-0.15, -0.1) is 0 Å². The van der Waals surface area contributed by atoms with E-state index in [2.05, 4.69) is 5.32 Å². The lowest BCUT2D eigenvalue weighted by molar-refractivity contribution is 0.286. The minimum absolute atomic E-state index is 0.00479. The average molecular weight is 370 g/mol. The Morgan fingerprint density at radius 1 is 1.08 bits per heavy atom. The monoisotopic (exact) mass is 369 g/mol. The number of nitrogens with one attached hydrogen (secondary N) is 1. The Hall–Kier alpha value is -2.72. The summed E-state index contributed by atoms with van der Waals surface area (Å²) >= 11 is 6.06. The van der Waals surface area contributed by atoms with Crippen LogP contribution in [0.25, 0.3) is 11.1 Å². The van der Waals surface area contributed by atoms with Gasteiger partial charge in [-0.05, 0) is 47.5 Å². The molecule has 0 spiro atoms. The summed E-state index contributed by atoms with van der Waals surface area (Å²) in [5.74, 6) is 1.14. The van der Waals surface area contributed by atoms with Gasteiger partial charge in [-0.3, -0.25) is 0 Å². The molecule has 1 heterocycles. The van der Waals surface area contributed by atoms with Crippen LogP contribution in [0.15, 0.2) is 60.7 Å². The summed E-state index contributed by atoms with van der Waals surface area (Å²) in [7, 11) is 1.57. The van der Waals surface area contributed by atoms with Gasteiger partial charge in [0.1, 0.15) is 23.9 Å². The number of benzene rings is 3. The van der Waals surface area contributed by atoms with E-state index in [0.717, 1.165) is 22.6 Å². The SMILES string of the molecule is COc1ccc(F)c(-c2ccc(C3COc4ccc(Cl)cc4N3)cc2)c1. The molecular formula is C21H17ClFNO2. The molecule has 0 saturated carbocycles. The number of ether oxygens (including phenoxy) is 2. The largest absolute Gasteiger partial charge is 0.497 e. The third-order valence-corrected chi connectivity index (χ3v) is 4.71. The van der Waals surface area contributed by atoms with E-state index in [1.165, 1.54) is 6.07 Å². The van der Waals surface area contributed by atoms with Gasteiger partial charge in [0.25, 0.3) is 0 Å². The van der Waals surface area contributed by atoms with Gasteiger partial charge < -0.3 is 14.8 Å². The normalized spacial score (nSPS) is 15.6. The molecule has 0 aliphatic carbocycles. The van der Waals surface area contributed by atoms with Gasteiger partial charge in [-0.2, -0.15) is 0 Å². The van der Waals surface area contributed by atoms with Crippen molar-refractivity contribution < 1.29 is 13.9 Å². The van der Waals surface area contributed by atoms with Crippen LogP contribution in [0, 0.1) is 5.82 Å². The predicted molar refractivity (Wildman–Crippen MR) is 102 cm³/mol. The van der Waals surface area contributed by atoms with Crippen LogP contribution >= 0.6 is 11.6 Å². The Kier molecular flexibility index (Phi) is 4.43. The number of hydrogen-bond acceptors (Lipinski definition) is 3. The third-order valence-electron chi connectivity index (χ3n) is 4.47. The topological polar surface area (TPSA) is 30.5 Å². The zero-order valence-electron chi connectivity index (χ0n) is 14.1. The van der Waals surface area contributed by atoms with Gasteiger partial charge >= 0.3 is 0 Å². The average Bonchev–Trinajstić information content (AvgIpc) is 2.68. The number of hydrogen-bond donors (Lipinski definition) is 1. The first kappa shape index (κ1) is 16.7. The summed E-state index contributed by atoms with van der Waals surface area (Å²) in [6.45, 7) is 0.515. The summed E-state index contributed by atoms with van der Waals surface area (Å²) < 4.78 is 25.2. The van der Waals surface area contributed by atoms with E-state index in [9.17, 15) is 4.39 Å². The highest BCUT2D eigenvalue weighted by atomic mass is 35.5. The first-order chi connectivity index (χ1) is 12.6. The summed E-state index contributed by atoms with van der Waals surface area (Å²) in [6.07, 6.45) is 0. The highest BCUT2D eigenvalue weighted by molar-refractivity contribution is 6.30. The third kappa shape index (κ3) is 3.20. The maximum absolute atomic E-state index is 14.1. The van der Waals surface area contributed by atoms with E-state index in [-0.39, 0.29) is 11.9 Å². The van der Waals surface area contributed by atoms with Crippen LogP contribution in [-0.2, 0) is 0 Å². The van der Waals surface area contributed by atoms with Crippen molar-refractivity contribution in [2.24, 2.45) is 0 Å². The van der Waals surface area contributed by atoms with Gasteiger partial charge in [0.05, 0.1) is 18.8 Å². The molecule has 0 bridgehead atoms. The van der Waals surface area contributed by atoms with E-state index in [0.29, 0.717) is 22.9 Å². The zero-order valence-corrected chi connectivity index (χ0v) is 14.9. The van der Waals surface area contributed by atoms with Gasteiger partial charge in [0.15, 0.2) is 0 Å². The molecule has 1 aliphatic rings. The van der Waals surface area contributed by atoms with Gasteiger partial charge in [-0.1, -0.05) is 35.9 Å². The highest BCUT2D eigenvalue weighted by Crippen LogP contribution is 2.36. The van der Waals surface area contributed by atoms with Crippen molar-refractivity contribution >= 4 is 17.3 Å². The van der Waals surface area contributed by atoms with E-state index in [1.807, 2.05) is 36.4 Å². The second-order valence-electron chi connectivity index (χ2n) is 6.12. The van der Waals surface area contributed by atoms with Crippen molar-refractivity contribution in [3.05, 3.63) is 77.1 Å². The maximum Gasteiger partial charge on any atom is 0.142 e. The van der Waals surface area contributed by atoms with Crippen molar-refractivity contribution in [3.63, 3.8) is 0 Å². The van der Waals surface area contributed by atoms with Crippen molar-refractivity contribution in [1.82, 2.24) is 0 Å².